The van der Waals surface area contributed by atoms with Crippen molar-refractivity contribution in [3.63, 3.8) is 0 Å². The maximum Gasteiger partial charge on any atom is 0.256 e. The third-order valence-electron chi connectivity index (χ3n) is 5.06. The van der Waals surface area contributed by atoms with Gasteiger partial charge in [-0.1, -0.05) is 24.3 Å². The number of carbonyl (C=O) groups excluding carboxylic acids is 1. The Labute approximate surface area is 161 Å². The largest absolute Gasteiger partial charge is 0.332 e. The minimum atomic E-state index is 0.00991. The summed E-state index contributed by atoms with van der Waals surface area (Å²) in [5.74, 6) is 0.00991. The summed E-state index contributed by atoms with van der Waals surface area (Å²) in [4.78, 5) is 24.0. The van der Waals surface area contributed by atoms with Gasteiger partial charge in [0.05, 0.1) is 35.7 Å². The normalized spacial score (nSPS) is 13.1. The summed E-state index contributed by atoms with van der Waals surface area (Å²) >= 11 is 0. The second-order valence-electron chi connectivity index (χ2n) is 6.78. The number of rotatable bonds is 4. The van der Waals surface area contributed by atoms with Crippen molar-refractivity contribution in [3.05, 3.63) is 84.1 Å². The molecule has 28 heavy (non-hydrogen) atoms. The summed E-state index contributed by atoms with van der Waals surface area (Å²) in [6, 6.07) is 15.9. The SMILES string of the molecule is O=C1c2c(-c3ccnnc3)ccnc2CN1CCc1ccc2ccccc2n1. The molecule has 5 rings (SSSR count). The van der Waals surface area contributed by atoms with Crippen molar-refractivity contribution in [3.8, 4) is 11.1 Å². The van der Waals surface area contributed by atoms with E-state index in [2.05, 4.69) is 21.2 Å². The Morgan fingerprint density at radius 2 is 1.89 bits per heavy atom. The van der Waals surface area contributed by atoms with Crippen LogP contribution in [0.15, 0.2) is 67.1 Å². The van der Waals surface area contributed by atoms with Crippen LogP contribution in [0.3, 0.4) is 0 Å². The van der Waals surface area contributed by atoms with Crippen LogP contribution < -0.4 is 0 Å². The van der Waals surface area contributed by atoms with Crippen LogP contribution >= 0.6 is 0 Å². The van der Waals surface area contributed by atoms with Crippen LogP contribution in [0.1, 0.15) is 21.7 Å². The van der Waals surface area contributed by atoms with Crippen LogP contribution in [0.4, 0.5) is 0 Å². The topological polar surface area (TPSA) is 71.9 Å². The fourth-order valence-corrected chi connectivity index (χ4v) is 3.64. The molecule has 0 N–H and O–H groups in total. The monoisotopic (exact) mass is 367 g/mol. The fourth-order valence-electron chi connectivity index (χ4n) is 3.64. The van der Waals surface area contributed by atoms with E-state index in [0.717, 1.165) is 33.4 Å². The zero-order chi connectivity index (χ0) is 18.9. The molecule has 0 spiro atoms. The van der Waals surface area contributed by atoms with E-state index in [4.69, 9.17) is 4.98 Å². The summed E-state index contributed by atoms with van der Waals surface area (Å²) in [7, 11) is 0. The van der Waals surface area contributed by atoms with Gasteiger partial charge in [0.1, 0.15) is 0 Å². The van der Waals surface area contributed by atoms with Crippen molar-refractivity contribution in [2.75, 3.05) is 6.54 Å². The van der Waals surface area contributed by atoms with E-state index in [9.17, 15) is 4.79 Å². The molecule has 1 amide bonds. The molecule has 1 aliphatic heterocycles. The van der Waals surface area contributed by atoms with E-state index in [0.29, 0.717) is 25.1 Å². The Kier molecular flexibility index (Phi) is 4.01. The highest BCUT2D eigenvalue weighted by Crippen LogP contribution is 2.30. The first-order chi connectivity index (χ1) is 13.8. The van der Waals surface area contributed by atoms with E-state index in [1.54, 1.807) is 18.6 Å². The van der Waals surface area contributed by atoms with E-state index < -0.39 is 0 Å². The Balaban J connectivity index is 1.38. The molecule has 4 aromatic rings. The molecule has 4 heterocycles. The number of aromatic nitrogens is 4. The lowest BCUT2D eigenvalue weighted by atomic mass is 10.0. The van der Waals surface area contributed by atoms with Gasteiger partial charge in [-0.15, -0.1) is 0 Å². The van der Waals surface area contributed by atoms with E-state index in [1.807, 2.05) is 47.4 Å². The summed E-state index contributed by atoms with van der Waals surface area (Å²) in [5.41, 5.74) is 5.17. The van der Waals surface area contributed by atoms with Gasteiger partial charge in [-0.25, -0.2) is 0 Å². The van der Waals surface area contributed by atoms with Crippen molar-refractivity contribution < 1.29 is 4.79 Å². The average Bonchev–Trinajstić information content (AvgIpc) is 3.08. The quantitative estimate of drug-likeness (QED) is 0.553. The Morgan fingerprint density at radius 1 is 0.964 bits per heavy atom. The maximum atomic E-state index is 13.1. The van der Waals surface area contributed by atoms with Gasteiger partial charge >= 0.3 is 0 Å². The molecule has 0 bridgehead atoms. The molecular weight excluding hydrogens is 350 g/mol. The number of benzene rings is 1. The second-order valence-corrected chi connectivity index (χ2v) is 6.78. The molecular formula is C22H17N5O. The number of hydrogen-bond acceptors (Lipinski definition) is 5. The molecule has 0 aliphatic carbocycles. The van der Waals surface area contributed by atoms with Crippen LogP contribution in [0.25, 0.3) is 22.0 Å². The number of hydrogen-bond donors (Lipinski definition) is 0. The van der Waals surface area contributed by atoms with Crippen LogP contribution in [0.2, 0.25) is 0 Å². The molecule has 6 nitrogen and oxygen atoms in total. The number of carbonyl (C=O) groups is 1. The minimum absolute atomic E-state index is 0.00991. The highest BCUT2D eigenvalue weighted by molar-refractivity contribution is 6.03. The predicted molar refractivity (Wildman–Crippen MR) is 105 cm³/mol. The molecule has 0 atom stereocenters. The van der Waals surface area contributed by atoms with E-state index in [1.165, 1.54) is 0 Å². The Bertz CT molecular complexity index is 1180. The van der Waals surface area contributed by atoms with Crippen molar-refractivity contribution in [1.29, 1.82) is 0 Å². The van der Waals surface area contributed by atoms with Gasteiger partial charge in [0.2, 0.25) is 0 Å². The summed E-state index contributed by atoms with van der Waals surface area (Å²) in [5, 5.41) is 8.86. The van der Waals surface area contributed by atoms with Crippen LogP contribution in [0, 0.1) is 0 Å². The van der Waals surface area contributed by atoms with Crippen molar-refractivity contribution in [1.82, 2.24) is 25.1 Å². The number of amides is 1. The van der Waals surface area contributed by atoms with Crippen molar-refractivity contribution >= 4 is 16.8 Å². The Morgan fingerprint density at radius 3 is 2.79 bits per heavy atom. The molecule has 3 aromatic heterocycles. The van der Waals surface area contributed by atoms with Gasteiger partial charge < -0.3 is 4.90 Å². The zero-order valence-electron chi connectivity index (χ0n) is 15.1. The lowest BCUT2D eigenvalue weighted by Crippen LogP contribution is -2.26. The third-order valence-corrected chi connectivity index (χ3v) is 5.06. The van der Waals surface area contributed by atoms with Crippen molar-refractivity contribution in [2.24, 2.45) is 0 Å². The standard InChI is InChI=1S/C22H17N5O/c28-22-21-18(16-7-11-24-25-13-16)8-10-23-20(21)14-27(22)12-9-17-6-5-15-3-1-2-4-19(15)26-17/h1-8,10-11,13H,9,12,14H2. The minimum Gasteiger partial charge on any atom is -0.332 e. The van der Waals surface area contributed by atoms with Crippen LogP contribution in [0.5, 0.6) is 0 Å². The van der Waals surface area contributed by atoms with E-state index >= 15 is 0 Å². The molecule has 0 radical (unpaired) electrons. The van der Waals surface area contributed by atoms with Crippen molar-refractivity contribution in [2.45, 2.75) is 13.0 Å². The summed E-state index contributed by atoms with van der Waals surface area (Å²) in [6.45, 7) is 1.13. The molecule has 136 valence electrons. The van der Waals surface area contributed by atoms with Gasteiger partial charge in [0.15, 0.2) is 0 Å². The molecule has 0 saturated carbocycles. The highest BCUT2D eigenvalue weighted by atomic mass is 16.2. The highest BCUT2D eigenvalue weighted by Gasteiger charge is 2.31. The van der Waals surface area contributed by atoms with Gasteiger partial charge in [0.25, 0.3) is 5.91 Å². The maximum absolute atomic E-state index is 13.1. The second kappa shape index (κ2) is 6.81. The molecule has 6 heteroatoms. The third kappa shape index (κ3) is 2.89. The molecule has 0 unspecified atom stereocenters. The van der Waals surface area contributed by atoms with E-state index in [-0.39, 0.29) is 5.91 Å². The molecule has 0 saturated heterocycles. The van der Waals surface area contributed by atoms with Gasteiger partial charge in [-0.3, -0.25) is 14.8 Å². The molecule has 1 aliphatic rings. The summed E-state index contributed by atoms with van der Waals surface area (Å²) in [6.07, 6.45) is 5.75. The Hall–Kier alpha value is -3.67. The van der Waals surface area contributed by atoms with Gasteiger partial charge in [-0.05, 0) is 29.8 Å². The smallest absolute Gasteiger partial charge is 0.256 e. The number of fused-ring (bicyclic) bond motifs is 2. The first kappa shape index (κ1) is 16.5. The molecule has 0 fully saturated rings. The predicted octanol–water partition coefficient (Wildman–Crippen LogP) is 3.29. The van der Waals surface area contributed by atoms with Gasteiger partial charge in [-0.2, -0.15) is 10.2 Å². The summed E-state index contributed by atoms with van der Waals surface area (Å²) < 4.78 is 0. The lowest BCUT2D eigenvalue weighted by Gasteiger charge is -2.15. The zero-order valence-corrected chi connectivity index (χ0v) is 15.1. The molecule has 1 aromatic carbocycles. The number of pyridine rings is 2. The first-order valence-electron chi connectivity index (χ1n) is 9.18. The number of para-hydroxylation sites is 1. The first-order valence-corrected chi connectivity index (χ1v) is 9.18. The fraction of sp³-hybridized carbons (Fsp3) is 0.136. The lowest BCUT2D eigenvalue weighted by molar-refractivity contribution is 0.0780. The van der Waals surface area contributed by atoms with Crippen LogP contribution in [-0.4, -0.2) is 37.5 Å². The van der Waals surface area contributed by atoms with Crippen LogP contribution in [-0.2, 0) is 13.0 Å². The van der Waals surface area contributed by atoms with Gasteiger partial charge in [0, 0.05) is 35.8 Å². The average molecular weight is 367 g/mol. The number of nitrogens with zero attached hydrogens (tertiary/aromatic N) is 5.